The lowest BCUT2D eigenvalue weighted by atomic mass is 10.0. The highest BCUT2D eigenvalue weighted by molar-refractivity contribution is 5.99. The van der Waals surface area contributed by atoms with Crippen LogP contribution in [-0.4, -0.2) is 17.0 Å². The summed E-state index contributed by atoms with van der Waals surface area (Å²) in [4.78, 5) is 11.2. The minimum Gasteiger partial charge on any atom is -0.385 e. The summed E-state index contributed by atoms with van der Waals surface area (Å²) in [6.07, 6.45) is -1.40. The zero-order chi connectivity index (χ0) is 10.9. The molecule has 0 heterocycles. The minimum atomic E-state index is -1.40. The second kappa shape index (κ2) is 3.84. The van der Waals surface area contributed by atoms with Gasteiger partial charge in [-0.1, -0.05) is 6.07 Å². The van der Waals surface area contributed by atoms with Gasteiger partial charge in [0.05, 0.1) is 5.56 Å². The number of Topliss-reactive ketones (excluding diaryl/α,β-unsaturated/α-hetero) is 1. The molecule has 1 N–H and O–H groups in total. The fourth-order valence-corrected chi connectivity index (χ4v) is 1.09. The molecule has 0 fully saturated rings. The van der Waals surface area contributed by atoms with E-state index in [1.165, 1.54) is 19.9 Å². The Morgan fingerprint density at radius 1 is 1.43 bits per heavy atom. The maximum absolute atomic E-state index is 13.3. The van der Waals surface area contributed by atoms with Crippen molar-refractivity contribution in [3.05, 3.63) is 34.9 Å². The zero-order valence-electron chi connectivity index (χ0n) is 7.84. The molecule has 4 heteroatoms. The third-order valence-electron chi connectivity index (χ3n) is 1.91. The molecular weight excluding hydrogens is 190 g/mol. The van der Waals surface area contributed by atoms with Crippen LogP contribution in [0, 0.1) is 18.6 Å². The number of aliphatic hydroxyl groups excluding tert-OH is 1. The Kier molecular flexibility index (Phi) is 2.96. The van der Waals surface area contributed by atoms with Crippen molar-refractivity contribution in [2.75, 3.05) is 0 Å². The summed E-state index contributed by atoms with van der Waals surface area (Å²) in [5.74, 6) is -2.79. The summed E-state index contributed by atoms with van der Waals surface area (Å²) >= 11 is 0. The van der Waals surface area contributed by atoms with Gasteiger partial charge in [-0.05, 0) is 25.5 Å². The van der Waals surface area contributed by atoms with Gasteiger partial charge in [-0.2, -0.15) is 0 Å². The minimum absolute atomic E-state index is 0.176. The van der Waals surface area contributed by atoms with Gasteiger partial charge in [0.15, 0.2) is 5.78 Å². The van der Waals surface area contributed by atoms with E-state index < -0.39 is 29.1 Å². The predicted molar refractivity (Wildman–Crippen MR) is 47.1 cm³/mol. The van der Waals surface area contributed by atoms with E-state index in [0.29, 0.717) is 0 Å². The summed E-state index contributed by atoms with van der Waals surface area (Å²) in [5, 5.41) is 8.93. The molecule has 0 radical (unpaired) electrons. The number of hydrogen-bond donors (Lipinski definition) is 1. The first-order valence-corrected chi connectivity index (χ1v) is 4.12. The Morgan fingerprint density at radius 2 is 2.00 bits per heavy atom. The Balaban J connectivity index is 3.33. The van der Waals surface area contributed by atoms with Crippen LogP contribution in [0.2, 0.25) is 0 Å². The van der Waals surface area contributed by atoms with Crippen molar-refractivity contribution in [2.24, 2.45) is 0 Å². The number of carbonyl (C=O) groups is 1. The van der Waals surface area contributed by atoms with E-state index in [-0.39, 0.29) is 5.56 Å². The number of halogens is 2. The van der Waals surface area contributed by atoms with Crippen LogP contribution in [0.1, 0.15) is 22.8 Å². The van der Waals surface area contributed by atoms with Crippen molar-refractivity contribution in [1.82, 2.24) is 0 Å². The standard InChI is InChI=1S/C10H10F2O2/c1-5-3-4-7(11)8(9(5)12)10(14)6(2)13/h3-4,6,13H,1-2H3. The van der Waals surface area contributed by atoms with Crippen molar-refractivity contribution in [3.8, 4) is 0 Å². The van der Waals surface area contributed by atoms with Crippen LogP contribution in [0.25, 0.3) is 0 Å². The van der Waals surface area contributed by atoms with Crippen molar-refractivity contribution < 1.29 is 18.7 Å². The van der Waals surface area contributed by atoms with Crippen LogP contribution in [0.15, 0.2) is 12.1 Å². The second-order valence-corrected chi connectivity index (χ2v) is 3.09. The van der Waals surface area contributed by atoms with E-state index >= 15 is 0 Å². The number of aryl methyl sites for hydroxylation is 1. The number of hydrogen-bond acceptors (Lipinski definition) is 2. The lowest BCUT2D eigenvalue weighted by Gasteiger charge is -2.07. The Morgan fingerprint density at radius 3 is 2.50 bits per heavy atom. The molecule has 1 aromatic carbocycles. The van der Waals surface area contributed by atoms with E-state index in [4.69, 9.17) is 5.11 Å². The first-order chi connectivity index (χ1) is 6.45. The summed E-state index contributed by atoms with van der Waals surface area (Å²) < 4.78 is 26.4. The molecule has 0 saturated carbocycles. The lowest BCUT2D eigenvalue weighted by molar-refractivity contribution is 0.0770. The van der Waals surface area contributed by atoms with Crippen molar-refractivity contribution >= 4 is 5.78 Å². The van der Waals surface area contributed by atoms with Crippen LogP contribution < -0.4 is 0 Å². The van der Waals surface area contributed by atoms with Gasteiger partial charge in [0.2, 0.25) is 0 Å². The average Bonchev–Trinajstić information content (AvgIpc) is 2.12. The van der Waals surface area contributed by atoms with Crippen LogP contribution in [-0.2, 0) is 0 Å². The molecule has 0 aromatic heterocycles. The molecule has 1 unspecified atom stereocenters. The van der Waals surface area contributed by atoms with Crippen molar-refractivity contribution in [2.45, 2.75) is 20.0 Å². The number of rotatable bonds is 2. The Hall–Kier alpha value is -1.29. The molecule has 14 heavy (non-hydrogen) atoms. The van der Waals surface area contributed by atoms with E-state index in [2.05, 4.69) is 0 Å². The largest absolute Gasteiger partial charge is 0.385 e. The number of benzene rings is 1. The fraction of sp³-hybridized carbons (Fsp3) is 0.300. The van der Waals surface area contributed by atoms with Crippen LogP contribution >= 0.6 is 0 Å². The summed E-state index contributed by atoms with van der Waals surface area (Å²) in [6.45, 7) is 2.59. The monoisotopic (exact) mass is 200 g/mol. The SMILES string of the molecule is Cc1ccc(F)c(C(=O)C(C)O)c1F. The smallest absolute Gasteiger partial charge is 0.196 e. The molecule has 1 aromatic rings. The summed E-state index contributed by atoms with van der Waals surface area (Å²) in [7, 11) is 0. The van der Waals surface area contributed by atoms with E-state index in [0.717, 1.165) is 6.07 Å². The molecule has 0 aliphatic carbocycles. The van der Waals surface area contributed by atoms with Crippen molar-refractivity contribution in [3.63, 3.8) is 0 Å². The van der Waals surface area contributed by atoms with Crippen LogP contribution in [0.4, 0.5) is 8.78 Å². The Bertz CT molecular complexity index is 373. The fourth-order valence-electron chi connectivity index (χ4n) is 1.09. The van der Waals surface area contributed by atoms with E-state index in [9.17, 15) is 13.6 Å². The highest BCUT2D eigenvalue weighted by Gasteiger charge is 2.22. The average molecular weight is 200 g/mol. The number of carbonyl (C=O) groups excluding carboxylic acids is 1. The van der Waals surface area contributed by atoms with Gasteiger partial charge in [-0.3, -0.25) is 4.79 Å². The topological polar surface area (TPSA) is 37.3 Å². The normalized spacial score (nSPS) is 12.6. The predicted octanol–water partition coefficient (Wildman–Crippen LogP) is 1.84. The van der Waals surface area contributed by atoms with Gasteiger partial charge in [-0.25, -0.2) is 8.78 Å². The van der Waals surface area contributed by atoms with Gasteiger partial charge in [0, 0.05) is 0 Å². The molecule has 0 spiro atoms. The molecule has 0 aliphatic heterocycles. The summed E-state index contributed by atoms with van der Waals surface area (Å²) in [5.41, 5.74) is -0.490. The first-order valence-electron chi connectivity index (χ1n) is 4.12. The third kappa shape index (κ3) is 1.80. The van der Waals surface area contributed by atoms with Crippen LogP contribution in [0.3, 0.4) is 0 Å². The van der Waals surface area contributed by atoms with Gasteiger partial charge >= 0.3 is 0 Å². The molecule has 0 aliphatic rings. The highest BCUT2D eigenvalue weighted by atomic mass is 19.1. The third-order valence-corrected chi connectivity index (χ3v) is 1.91. The lowest BCUT2D eigenvalue weighted by Crippen LogP contribution is -2.19. The van der Waals surface area contributed by atoms with E-state index in [1.54, 1.807) is 0 Å². The molecule has 1 atom stereocenters. The van der Waals surface area contributed by atoms with Gasteiger partial charge < -0.3 is 5.11 Å². The number of aliphatic hydroxyl groups is 1. The molecule has 0 saturated heterocycles. The molecular formula is C10H10F2O2. The van der Waals surface area contributed by atoms with Crippen molar-refractivity contribution in [1.29, 1.82) is 0 Å². The summed E-state index contributed by atoms with van der Waals surface area (Å²) in [6, 6.07) is 2.25. The maximum atomic E-state index is 13.3. The first kappa shape index (κ1) is 10.8. The quantitative estimate of drug-likeness (QED) is 0.739. The molecule has 0 amide bonds. The second-order valence-electron chi connectivity index (χ2n) is 3.09. The molecule has 2 nitrogen and oxygen atoms in total. The van der Waals surface area contributed by atoms with Gasteiger partial charge in [0.1, 0.15) is 17.7 Å². The molecule has 1 rings (SSSR count). The maximum Gasteiger partial charge on any atom is 0.196 e. The van der Waals surface area contributed by atoms with Crippen LogP contribution in [0.5, 0.6) is 0 Å². The van der Waals surface area contributed by atoms with Gasteiger partial charge in [0.25, 0.3) is 0 Å². The van der Waals surface area contributed by atoms with E-state index in [1.807, 2.05) is 0 Å². The Labute approximate surface area is 80.2 Å². The van der Waals surface area contributed by atoms with Gasteiger partial charge in [-0.15, -0.1) is 0 Å². The number of ketones is 1. The molecule has 0 bridgehead atoms. The highest BCUT2D eigenvalue weighted by Crippen LogP contribution is 2.17. The molecule has 76 valence electrons. The zero-order valence-corrected chi connectivity index (χ0v) is 7.84.